The van der Waals surface area contributed by atoms with Crippen LogP contribution in [0.3, 0.4) is 0 Å². The molecule has 136 valence electrons. The summed E-state index contributed by atoms with van der Waals surface area (Å²) in [5.74, 6) is 0.271. The van der Waals surface area contributed by atoms with Gasteiger partial charge in [-0.2, -0.15) is 0 Å². The summed E-state index contributed by atoms with van der Waals surface area (Å²) in [5.41, 5.74) is 0.708. The average Bonchev–Trinajstić information content (AvgIpc) is 2.91. The summed E-state index contributed by atoms with van der Waals surface area (Å²) >= 11 is 0. The molecule has 8 heteroatoms. The van der Waals surface area contributed by atoms with Crippen molar-refractivity contribution in [3.63, 3.8) is 0 Å². The second kappa shape index (κ2) is 7.98. The number of nitrogens with zero attached hydrogens (tertiary/aromatic N) is 1. The first-order valence-electron chi connectivity index (χ1n) is 7.98. The van der Waals surface area contributed by atoms with E-state index >= 15 is 0 Å². The van der Waals surface area contributed by atoms with E-state index in [9.17, 15) is 14.4 Å². The number of nitrogens with one attached hydrogen (secondary N) is 2. The molecule has 0 bridgehead atoms. The molecule has 1 aromatic rings. The fourth-order valence-corrected chi connectivity index (χ4v) is 2.44. The van der Waals surface area contributed by atoms with Gasteiger partial charge in [-0.3, -0.25) is 19.3 Å². The van der Waals surface area contributed by atoms with Crippen LogP contribution < -0.4 is 20.1 Å². The Morgan fingerprint density at radius 1 is 1.12 bits per heavy atom. The van der Waals surface area contributed by atoms with Crippen LogP contribution in [0.25, 0.3) is 0 Å². The lowest BCUT2D eigenvalue weighted by molar-refractivity contribution is -0.123. The normalized spacial score (nSPS) is 12.4. The highest BCUT2D eigenvalue weighted by molar-refractivity contribution is 6.05. The zero-order chi connectivity index (χ0) is 18.6. The van der Waals surface area contributed by atoms with Crippen LogP contribution in [0.4, 0.5) is 5.69 Å². The van der Waals surface area contributed by atoms with Crippen LogP contribution in [0.2, 0.25) is 0 Å². The Kier molecular flexibility index (Phi) is 5.97. The molecule has 2 rings (SSSR count). The molecule has 1 aromatic carbocycles. The number of ether oxygens (including phenoxy) is 2. The van der Waals surface area contributed by atoms with Gasteiger partial charge in [-0.25, -0.2) is 0 Å². The molecule has 0 aliphatic carbocycles. The molecule has 2 amide bonds. The zero-order valence-corrected chi connectivity index (χ0v) is 14.8. The molecule has 25 heavy (non-hydrogen) atoms. The van der Waals surface area contributed by atoms with Gasteiger partial charge in [0.25, 0.3) is 0 Å². The summed E-state index contributed by atoms with van der Waals surface area (Å²) in [6, 6.07) is 3.17. The molecule has 0 unspecified atom stereocenters. The molecule has 0 spiro atoms. The molecule has 0 saturated heterocycles. The zero-order valence-electron chi connectivity index (χ0n) is 14.8. The Bertz CT molecular complexity index is 687. The lowest BCUT2D eigenvalue weighted by Crippen LogP contribution is -2.41. The number of Topliss-reactive ketones (excluding diaryl/α,β-unsaturated/α-hetero) is 1. The minimum Gasteiger partial charge on any atom is -0.454 e. The van der Waals surface area contributed by atoms with E-state index in [1.165, 1.54) is 6.92 Å². The number of likely N-dealkylation sites (N-methyl/N-ethyl adjacent to an activating group) is 1. The number of fused-ring (bicyclic) bond motifs is 1. The van der Waals surface area contributed by atoms with E-state index in [0.717, 1.165) is 0 Å². The van der Waals surface area contributed by atoms with Gasteiger partial charge in [0.1, 0.15) is 0 Å². The van der Waals surface area contributed by atoms with Gasteiger partial charge in [-0.05, 0) is 33.9 Å². The smallest absolute Gasteiger partial charge is 0.238 e. The van der Waals surface area contributed by atoms with Crippen LogP contribution in [0.1, 0.15) is 31.1 Å². The number of hydrogen-bond donors (Lipinski definition) is 2. The van der Waals surface area contributed by atoms with Crippen molar-refractivity contribution < 1.29 is 23.9 Å². The third-order valence-electron chi connectivity index (χ3n) is 3.44. The van der Waals surface area contributed by atoms with Crippen molar-refractivity contribution in [3.05, 3.63) is 17.7 Å². The highest BCUT2D eigenvalue weighted by Gasteiger charge is 2.21. The van der Waals surface area contributed by atoms with Gasteiger partial charge in [-0.15, -0.1) is 0 Å². The minimum absolute atomic E-state index is 0.0112. The van der Waals surface area contributed by atoms with Crippen molar-refractivity contribution in [2.75, 3.05) is 32.2 Å². The van der Waals surface area contributed by atoms with E-state index in [0.29, 0.717) is 22.7 Å². The van der Waals surface area contributed by atoms with Crippen molar-refractivity contribution >= 4 is 23.3 Å². The first-order valence-corrected chi connectivity index (χ1v) is 7.98. The number of carbonyl (C=O) groups excluding carboxylic acids is 3. The van der Waals surface area contributed by atoms with E-state index in [-0.39, 0.29) is 43.5 Å². The predicted molar refractivity (Wildman–Crippen MR) is 92.0 cm³/mol. The summed E-state index contributed by atoms with van der Waals surface area (Å²) in [4.78, 5) is 37.3. The summed E-state index contributed by atoms with van der Waals surface area (Å²) in [6.07, 6.45) is 0. The molecule has 8 nitrogen and oxygen atoms in total. The van der Waals surface area contributed by atoms with Crippen molar-refractivity contribution in [1.29, 1.82) is 0 Å². The molecule has 2 N–H and O–H groups in total. The molecule has 1 aliphatic heterocycles. The largest absolute Gasteiger partial charge is 0.454 e. The SMILES string of the molecule is CC(=O)c1cc2c(cc1NC(=O)CN(C)CC(=O)NC(C)C)OCO2. The Hall–Kier alpha value is -2.61. The number of hydrogen-bond acceptors (Lipinski definition) is 6. The summed E-state index contributed by atoms with van der Waals surface area (Å²) in [5, 5.41) is 5.46. The van der Waals surface area contributed by atoms with Crippen LogP contribution in [-0.4, -0.2) is 55.5 Å². The molecule has 0 fully saturated rings. The summed E-state index contributed by atoms with van der Waals surface area (Å²) in [6.45, 7) is 5.35. The number of amides is 2. The van der Waals surface area contributed by atoms with Crippen molar-refractivity contribution in [2.45, 2.75) is 26.8 Å². The van der Waals surface area contributed by atoms with Crippen LogP contribution in [0, 0.1) is 0 Å². The van der Waals surface area contributed by atoms with Crippen LogP contribution >= 0.6 is 0 Å². The third kappa shape index (κ3) is 5.18. The maximum atomic E-state index is 12.2. The Labute approximate surface area is 146 Å². The van der Waals surface area contributed by atoms with Gasteiger partial charge in [0.2, 0.25) is 18.6 Å². The Morgan fingerprint density at radius 2 is 1.72 bits per heavy atom. The van der Waals surface area contributed by atoms with E-state index < -0.39 is 0 Å². The maximum absolute atomic E-state index is 12.2. The Morgan fingerprint density at radius 3 is 2.32 bits per heavy atom. The topological polar surface area (TPSA) is 97.0 Å². The maximum Gasteiger partial charge on any atom is 0.238 e. The van der Waals surface area contributed by atoms with Gasteiger partial charge < -0.3 is 20.1 Å². The first-order chi connectivity index (χ1) is 11.8. The van der Waals surface area contributed by atoms with Gasteiger partial charge >= 0.3 is 0 Å². The van der Waals surface area contributed by atoms with Crippen molar-refractivity contribution in [3.8, 4) is 11.5 Å². The molecule has 0 atom stereocenters. The van der Waals surface area contributed by atoms with Gasteiger partial charge in [0.05, 0.1) is 18.8 Å². The fraction of sp³-hybridized carbons (Fsp3) is 0.471. The average molecular weight is 349 g/mol. The molecule has 0 aromatic heterocycles. The van der Waals surface area contributed by atoms with Gasteiger partial charge in [-0.1, -0.05) is 0 Å². The van der Waals surface area contributed by atoms with E-state index in [1.807, 2.05) is 13.8 Å². The standard InChI is InChI=1S/C17H23N3O5/c1-10(2)18-16(22)7-20(4)8-17(23)19-13-6-15-14(24-9-25-15)5-12(13)11(3)21/h5-6,10H,7-9H2,1-4H3,(H,18,22)(H,19,23). The second-order valence-electron chi connectivity index (χ2n) is 6.25. The molecular formula is C17H23N3O5. The van der Waals surface area contributed by atoms with Gasteiger partial charge in [0, 0.05) is 17.7 Å². The van der Waals surface area contributed by atoms with E-state index in [4.69, 9.17) is 9.47 Å². The number of benzene rings is 1. The number of rotatable bonds is 7. The third-order valence-corrected chi connectivity index (χ3v) is 3.44. The summed E-state index contributed by atoms with van der Waals surface area (Å²) < 4.78 is 10.5. The van der Waals surface area contributed by atoms with Crippen molar-refractivity contribution in [2.24, 2.45) is 0 Å². The molecule has 1 aliphatic rings. The highest BCUT2D eigenvalue weighted by Crippen LogP contribution is 2.37. The Balaban J connectivity index is 2.00. The first kappa shape index (κ1) is 18.7. The quantitative estimate of drug-likeness (QED) is 0.713. The highest BCUT2D eigenvalue weighted by atomic mass is 16.7. The lowest BCUT2D eigenvalue weighted by Gasteiger charge is -2.17. The molecule has 0 radical (unpaired) electrons. The van der Waals surface area contributed by atoms with Crippen LogP contribution in [-0.2, 0) is 9.59 Å². The van der Waals surface area contributed by atoms with Gasteiger partial charge in [0.15, 0.2) is 17.3 Å². The molecule has 0 saturated carbocycles. The van der Waals surface area contributed by atoms with Crippen LogP contribution in [0.15, 0.2) is 12.1 Å². The number of anilines is 1. The number of ketones is 1. The van der Waals surface area contributed by atoms with Crippen molar-refractivity contribution in [1.82, 2.24) is 10.2 Å². The second-order valence-corrected chi connectivity index (χ2v) is 6.25. The number of carbonyl (C=O) groups is 3. The summed E-state index contributed by atoms with van der Waals surface area (Å²) in [7, 11) is 1.67. The molecular weight excluding hydrogens is 326 g/mol. The van der Waals surface area contributed by atoms with E-state index in [2.05, 4.69) is 10.6 Å². The minimum atomic E-state index is -0.332. The molecule has 1 heterocycles. The van der Waals surface area contributed by atoms with Crippen LogP contribution in [0.5, 0.6) is 11.5 Å². The van der Waals surface area contributed by atoms with E-state index in [1.54, 1.807) is 24.1 Å². The fourth-order valence-electron chi connectivity index (χ4n) is 2.44. The lowest BCUT2D eigenvalue weighted by atomic mass is 10.1. The predicted octanol–water partition coefficient (Wildman–Crippen LogP) is 1.01. The monoisotopic (exact) mass is 349 g/mol.